The number of hydrogen-bond donors (Lipinski definition) is 1. The second-order valence-electron chi connectivity index (χ2n) is 9.08. The number of ether oxygens (including phenoxy) is 2. The zero-order valence-corrected chi connectivity index (χ0v) is 20.0. The first kappa shape index (κ1) is 23.0. The van der Waals surface area contributed by atoms with Gasteiger partial charge in [0, 0.05) is 31.9 Å². The van der Waals surface area contributed by atoms with Gasteiger partial charge < -0.3 is 25.0 Å². The Kier molecular flexibility index (Phi) is 6.04. The van der Waals surface area contributed by atoms with Crippen LogP contribution in [-0.4, -0.2) is 64.3 Å². The summed E-state index contributed by atoms with van der Waals surface area (Å²) in [5, 5.41) is 0. The molecule has 1 amide bonds. The number of benzene rings is 2. The quantitative estimate of drug-likeness (QED) is 0.682. The highest BCUT2D eigenvalue weighted by atomic mass is 32.2. The van der Waals surface area contributed by atoms with Crippen molar-refractivity contribution in [3.63, 3.8) is 0 Å². The summed E-state index contributed by atoms with van der Waals surface area (Å²) in [5.74, 6) is 0.530. The predicted octanol–water partition coefficient (Wildman–Crippen LogP) is 2.91. The summed E-state index contributed by atoms with van der Waals surface area (Å²) in [7, 11) is -3.80. The van der Waals surface area contributed by atoms with E-state index in [-0.39, 0.29) is 24.1 Å². The average molecular weight is 475 g/mol. The molecule has 2 N–H and O–H groups in total. The average Bonchev–Trinajstić information content (AvgIpc) is 2.77. The van der Waals surface area contributed by atoms with Crippen molar-refractivity contribution in [3.05, 3.63) is 42.5 Å². The van der Waals surface area contributed by atoms with E-state index in [1.807, 2.05) is 32.9 Å². The van der Waals surface area contributed by atoms with Gasteiger partial charge in [-0.2, -0.15) is 0 Å². The maximum atomic E-state index is 13.4. The third-order valence-electron chi connectivity index (χ3n) is 5.50. The Hall–Kier alpha value is -3.14. The number of nitrogen functional groups attached to an aromatic ring is 1. The van der Waals surface area contributed by atoms with Crippen LogP contribution in [0.25, 0.3) is 0 Å². The number of nitrogens with zero attached hydrogens (tertiary/aromatic N) is 3. The fourth-order valence-electron chi connectivity index (χ4n) is 3.97. The number of sulfonamides is 1. The topological polar surface area (TPSA) is 105 Å². The normalized spacial score (nSPS) is 16.8. The van der Waals surface area contributed by atoms with Gasteiger partial charge in [-0.25, -0.2) is 13.2 Å². The molecule has 1 fully saturated rings. The molecule has 0 saturated carbocycles. The van der Waals surface area contributed by atoms with Crippen LogP contribution < -0.4 is 19.7 Å². The van der Waals surface area contributed by atoms with E-state index in [1.165, 1.54) is 10.4 Å². The van der Waals surface area contributed by atoms with Gasteiger partial charge in [0.1, 0.15) is 12.2 Å². The van der Waals surface area contributed by atoms with Gasteiger partial charge in [0.25, 0.3) is 10.0 Å². The van der Waals surface area contributed by atoms with Crippen molar-refractivity contribution in [1.29, 1.82) is 0 Å². The number of hydrogen-bond acceptors (Lipinski definition) is 7. The minimum absolute atomic E-state index is 0.145. The molecule has 9 nitrogen and oxygen atoms in total. The van der Waals surface area contributed by atoms with Crippen molar-refractivity contribution in [1.82, 2.24) is 4.90 Å². The Morgan fingerprint density at radius 3 is 2.33 bits per heavy atom. The summed E-state index contributed by atoms with van der Waals surface area (Å²) in [5.41, 5.74) is 6.97. The second-order valence-corrected chi connectivity index (χ2v) is 10.9. The first-order valence-corrected chi connectivity index (χ1v) is 12.4. The van der Waals surface area contributed by atoms with Gasteiger partial charge in [0.15, 0.2) is 5.75 Å². The number of fused-ring (bicyclic) bond motifs is 1. The van der Waals surface area contributed by atoms with E-state index in [1.54, 1.807) is 29.2 Å². The first-order valence-electron chi connectivity index (χ1n) is 10.9. The Bertz CT molecular complexity index is 1140. The smallest absolute Gasteiger partial charge is 0.410 e. The molecular weight excluding hydrogens is 444 g/mol. The zero-order valence-electron chi connectivity index (χ0n) is 19.2. The maximum Gasteiger partial charge on any atom is 0.410 e. The number of anilines is 3. The van der Waals surface area contributed by atoms with Gasteiger partial charge >= 0.3 is 6.09 Å². The minimum atomic E-state index is -3.80. The molecule has 178 valence electrons. The Balaban J connectivity index is 1.56. The van der Waals surface area contributed by atoms with Crippen LogP contribution in [0.4, 0.5) is 21.9 Å². The van der Waals surface area contributed by atoms with Crippen molar-refractivity contribution < 1.29 is 22.7 Å². The molecule has 2 aliphatic heterocycles. The van der Waals surface area contributed by atoms with Crippen LogP contribution >= 0.6 is 0 Å². The first-order chi connectivity index (χ1) is 15.6. The van der Waals surface area contributed by atoms with Gasteiger partial charge in [-0.15, -0.1) is 0 Å². The zero-order chi connectivity index (χ0) is 23.8. The molecule has 0 unspecified atom stereocenters. The van der Waals surface area contributed by atoms with E-state index in [9.17, 15) is 13.2 Å². The summed E-state index contributed by atoms with van der Waals surface area (Å²) in [6.07, 6.45) is -0.326. The lowest BCUT2D eigenvalue weighted by atomic mass is 10.2. The van der Waals surface area contributed by atoms with Crippen LogP contribution in [0.3, 0.4) is 0 Å². The molecule has 0 radical (unpaired) electrons. The van der Waals surface area contributed by atoms with Gasteiger partial charge in [-0.1, -0.05) is 12.1 Å². The molecule has 0 aromatic heterocycles. The number of carbonyl (C=O) groups is 1. The van der Waals surface area contributed by atoms with Crippen molar-refractivity contribution in [2.75, 3.05) is 54.3 Å². The minimum Gasteiger partial charge on any atom is -0.487 e. The fraction of sp³-hybridized carbons (Fsp3) is 0.435. The van der Waals surface area contributed by atoms with E-state index in [4.69, 9.17) is 15.2 Å². The van der Waals surface area contributed by atoms with Gasteiger partial charge in [0.05, 0.1) is 22.8 Å². The maximum absolute atomic E-state index is 13.4. The van der Waals surface area contributed by atoms with Crippen LogP contribution in [0.2, 0.25) is 0 Å². The highest BCUT2D eigenvalue weighted by Gasteiger charge is 2.33. The van der Waals surface area contributed by atoms with E-state index >= 15 is 0 Å². The Morgan fingerprint density at radius 1 is 1.00 bits per heavy atom. The van der Waals surface area contributed by atoms with Crippen molar-refractivity contribution >= 4 is 33.2 Å². The lowest BCUT2D eigenvalue weighted by Gasteiger charge is -2.39. The molecule has 0 spiro atoms. The van der Waals surface area contributed by atoms with Crippen LogP contribution in [0.1, 0.15) is 20.8 Å². The van der Waals surface area contributed by atoms with Crippen LogP contribution in [-0.2, 0) is 14.8 Å². The Morgan fingerprint density at radius 2 is 1.67 bits per heavy atom. The molecule has 2 heterocycles. The lowest BCUT2D eigenvalue weighted by molar-refractivity contribution is 0.0240. The number of amides is 1. The monoisotopic (exact) mass is 474 g/mol. The van der Waals surface area contributed by atoms with Crippen molar-refractivity contribution in [3.8, 4) is 5.75 Å². The summed E-state index contributed by atoms with van der Waals surface area (Å²) in [6, 6.07) is 11.8. The highest BCUT2D eigenvalue weighted by molar-refractivity contribution is 7.92. The van der Waals surface area contributed by atoms with E-state index < -0.39 is 15.6 Å². The number of carbonyl (C=O) groups excluding carboxylic acids is 1. The molecule has 1 saturated heterocycles. The molecule has 0 atom stereocenters. The molecule has 0 bridgehead atoms. The summed E-state index contributed by atoms with van der Waals surface area (Å²) in [6.45, 7) is 8.16. The molecule has 2 aromatic rings. The molecular formula is C23H30N4O5S. The van der Waals surface area contributed by atoms with Crippen LogP contribution in [0.5, 0.6) is 5.75 Å². The third kappa shape index (κ3) is 4.80. The largest absolute Gasteiger partial charge is 0.487 e. The van der Waals surface area contributed by atoms with E-state index in [2.05, 4.69) is 4.90 Å². The third-order valence-corrected chi connectivity index (χ3v) is 7.31. The highest BCUT2D eigenvalue weighted by Crippen LogP contribution is 2.42. The fourth-order valence-corrected chi connectivity index (χ4v) is 5.47. The number of nitrogens with two attached hydrogens (primary N) is 1. The summed E-state index contributed by atoms with van der Waals surface area (Å²) in [4.78, 5) is 16.3. The van der Waals surface area contributed by atoms with Gasteiger partial charge in [0.2, 0.25) is 0 Å². The molecule has 33 heavy (non-hydrogen) atoms. The van der Waals surface area contributed by atoms with Crippen molar-refractivity contribution in [2.45, 2.75) is 31.3 Å². The molecule has 10 heteroatoms. The Labute approximate surface area is 194 Å². The standard InChI is InChI=1S/C23H30N4O5S/c1-23(2,3)32-22(28)26-12-10-25(11-13-26)19-8-5-9-20-21(19)31-15-14-27(20)33(29,30)18-7-4-6-17(24)16-18/h4-9,16H,10-15,24H2,1-3H3. The van der Waals surface area contributed by atoms with Gasteiger partial charge in [-0.05, 0) is 51.1 Å². The van der Waals surface area contributed by atoms with Crippen molar-refractivity contribution in [2.24, 2.45) is 0 Å². The van der Waals surface area contributed by atoms with Crippen LogP contribution in [0, 0.1) is 0 Å². The molecule has 0 aliphatic carbocycles. The SMILES string of the molecule is CC(C)(C)OC(=O)N1CCN(c2cccc3c2OCCN3S(=O)(=O)c2cccc(N)c2)CC1. The lowest BCUT2D eigenvalue weighted by Crippen LogP contribution is -2.50. The number of piperazine rings is 1. The molecule has 2 aliphatic rings. The second kappa shape index (κ2) is 8.66. The molecule has 4 rings (SSSR count). The summed E-state index contributed by atoms with van der Waals surface area (Å²) < 4.78 is 39.5. The van der Waals surface area contributed by atoms with Crippen LogP contribution in [0.15, 0.2) is 47.4 Å². The van der Waals surface area contributed by atoms with E-state index in [0.29, 0.717) is 43.3 Å². The number of para-hydroxylation sites is 1. The summed E-state index contributed by atoms with van der Waals surface area (Å²) >= 11 is 0. The van der Waals surface area contributed by atoms with E-state index in [0.717, 1.165) is 5.69 Å². The number of rotatable bonds is 3. The van der Waals surface area contributed by atoms with Gasteiger partial charge in [-0.3, -0.25) is 4.31 Å². The predicted molar refractivity (Wildman–Crippen MR) is 127 cm³/mol. The molecule has 2 aromatic carbocycles.